The van der Waals surface area contributed by atoms with Crippen molar-refractivity contribution in [3.63, 3.8) is 0 Å². The van der Waals surface area contributed by atoms with Crippen molar-refractivity contribution in [3.8, 4) is 23.0 Å². The van der Waals surface area contributed by atoms with E-state index in [4.69, 9.17) is 4.74 Å². The first-order chi connectivity index (χ1) is 15.0. The summed E-state index contributed by atoms with van der Waals surface area (Å²) in [6.07, 6.45) is 2.95. The van der Waals surface area contributed by atoms with Gasteiger partial charge < -0.3 is 9.30 Å². The third kappa shape index (κ3) is 3.58. The van der Waals surface area contributed by atoms with Crippen molar-refractivity contribution >= 4 is 22.7 Å². The lowest BCUT2D eigenvalue weighted by molar-refractivity contribution is -0.384. The molecule has 9 nitrogen and oxygen atoms in total. The van der Waals surface area contributed by atoms with Crippen molar-refractivity contribution in [2.45, 2.75) is 6.92 Å². The first kappa shape index (κ1) is 19.7. The van der Waals surface area contributed by atoms with Gasteiger partial charge in [-0.05, 0) is 31.2 Å². The van der Waals surface area contributed by atoms with Gasteiger partial charge in [-0.15, -0.1) is 0 Å². The Morgan fingerprint density at radius 2 is 2.00 bits per heavy atom. The van der Waals surface area contributed by atoms with Crippen LogP contribution in [0.5, 0.6) is 0 Å². The van der Waals surface area contributed by atoms with E-state index in [9.17, 15) is 20.2 Å². The van der Waals surface area contributed by atoms with Crippen LogP contribution in [0.4, 0.5) is 5.69 Å². The maximum absolute atomic E-state index is 11.9. The van der Waals surface area contributed by atoms with Crippen LogP contribution in [0.3, 0.4) is 0 Å². The molecule has 0 bridgehead atoms. The number of non-ortho nitro benzene ring substituents is 1. The summed E-state index contributed by atoms with van der Waals surface area (Å²) in [6, 6.07) is 14.9. The molecule has 0 amide bonds. The fraction of sp³-hybridized carbons (Fsp3) is 0.0909. The molecule has 0 saturated heterocycles. The number of nitrogens with zero attached hydrogens (tertiary/aromatic N) is 5. The minimum atomic E-state index is -0.476. The lowest BCUT2D eigenvalue weighted by Gasteiger charge is -2.10. The molecule has 2 heterocycles. The van der Waals surface area contributed by atoms with Gasteiger partial charge in [0, 0.05) is 29.6 Å². The number of rotatable bonds is 5. The molecule has 0 aliphatic carbocycles. The highest BCUT2D eigenvalue weighted by atomic mass is 16.6. The highest BCUT2D eigenvalue weighted by Gasteiger charge is 2.19. The monoisotopic (exact) mass is 413 g/mol. The number of fused-ring (bicyclic) bond motifs is 1. The minimum absolute atomic E-state index is 0.0679. The second-order valence-corrected chi connectivity index (χ2v) is 6.52. The van der Waals surface area contributed by atoms with E-state index in [1.807, 2.05) is 0 Å². The number of benzene rings is 2. The third-order valence-corrected chi connectivity index (χ3v) is 4.68. The van der Waals surface area contributed by atoms with Gasteiger partial charge in [-0.2, -0.15) is 5.26 Å². The Morgan fingerprint density at radius 3 is 2.68 bits per heavy atom. The van der Waals surface area contributed by atoms with Gasteiger partial charge in [-0.25, -0.2) is 14.8 Å². The summed E-state index contributed by atoms with van der Waals surface area (Å²) in [7, 11) is 0. The number of nitriles is 1. The van der Waals surface area contributed by atoms with Gasteiger partial charge in [0.05, 0.1) is 33.9 Å². The van der Waals surface area contributed by atoms with E-state index in [1.54, 1.807) is 54.1 Å². The van der Waals surface area contributed by atoms with Crippen LogP contribution in [-0.2, 0) is 4.74 Å². The first-order valence-electron chi connectivity index (χ1n) is 9.32. The summed E-state index contributed by atoms with van der Waals surface area (Å²) in [6.45, 7) is 2.01. The Labute approximate surface area is 176 Å². The van der Waals surface area contributed by atoms with E-state index in [0.29, 0.717) is 39.1 Å². The Balaban J connectivity index is 1.91. The van der Waals surface area contributed by atoms with Crippen LogP contribution >= 0.6 is 0 Å². The topological polar surface area (TPSA) is 124 Å². The minimum Gasteiger partial charge on any atom is -0.462 e. The second kappa shape index (κ2) is 8.04. The molecule has 2 aromatic carbocycles. The van der Waals surface area contributed by atoms with Crippen molar-refractivity contribution in [1.29, 1.82) is 5.26 Å². The molecule has 4 aromatic rings. The normalized spacial score (nSPS) is 10.6. The van der Waals surface area contributed by atoms with E-state index < -0.39 is 10.9 Å². The molecular formula is C22H15N5O4. The quantitative estimate of drug-likeness (QED) is 0.275. The molecule has 9 heteroatoms. The average Bonchev–Trinajstić information content (AvgIpc) is 3.18. The number of hydrogen-bond acceptors (Lipinski definition) is 7. The van der Waals surface area contributed by atoms with Gasteiger partial charge in [-0.3, -0.25) is 10.1 Å². The van der Waals surface area contributed by atoms with Crippen molar-refractivity contribution in [1.82, 2.24) is 14.5 Å². The number of nitro groups is 1. The zero-order valence-electron chi connectivity index (χ0n) is 16.3. The fourth-order valence-corrected chi connectivity index (χ4v) is 3.29. The largest absolute Gasteiger partial charge is 0.462 e. The molecule has 0 atom stereocenters. The van der Waals surface area contributed by atoms with Crippen LogP contribution in [0.25, 0.3) is 28.0 Å². The summed E-state index contributed by atoms with van der Waals surface area (Å²) >= 11 is 0. The van der Waals surface area contributed by atoms with Gasteiger partial charge in [0.2, 0.25) is 0 Å². The van der Waals surface area contributed by atoms with E-state index in [2.05, 4.69) is 16.0 Å². The van der Waals surface area contributed by atoms with Crippen molar-refractivity contribution in [3.05, 3.63) is 82.3 Å². The predicted octanol–water partition coefficient (Wildman–Crippen LogP) is 4.04. The summed E-state index contributed by atoms with van der Waals surface area (Å²) in [4.78, 5) is 31.3. The van der Waals surface area contributed by atoms with E-state index >= 15 is 0 Å². The number of aromatic nitrogens is 3. The molecule has 0 spiro atoms. The molecule has 0 radical (unpaired) electrons. The van der Waals surface area contributed by atoms with Crippen LogP contribution in [0.2, 0.25) is 0 Å². The SMILES string of the molecule is CCOC(=O)c1ccc(-n2cc(C#N)c3ncnc(-c4cccc([N+](=O)[O-])c4)c32)cc1. The molecule has 0 N–H and O–H groups in total. The first-order valence-corrected chi connectivity index (χ1v) is 9.32. The highest BCUT2D eigenvalue weighted by Crippen LogP contribution is 2.32. The van der Waals surface area contributed by atoms with Crippen molar-refractivity contribution < 1.29 is 14.5 Å². The molecule has 2 aromatic heterocycles. The van der Waals surface area contributed by atoms with Crippen molar-refractivity contribution in [2.75, 3.05) is 6.61 Å². The van der Waals surface area contributed by atoms with E-state index in [0.717, 1.165) is 0 Å². The molecule has 0 aliphatic rings. The molecule has 4 rings (SSSR count). The Bertz CT molecular complexity index is 1350. The average molecular weight is 413 g/mol. The van der Waals surface area contributed by atoms with Crippen molar-refractivity contribution in [2.24, 2.45) is 0 Å². The molecule has 0 saturated carbocycles. The molecule has 0 aliphatic heterocycles. The molecular weight excluding hydrogens is 398 g/mol. The van der Waals surface area contributed by atoms with Gasteiger partial charge in [0.25, 0.3) is 5.69 Å². The van der Waals surface area contributed by atoms with Crippen LogP contribution in [0.1, 0.15) is 22.8 Å². The van der Waals surface area contributed by atoms with Crippen LogP contribution in [0.15, 0.2) is 61.1 Å². The summed E-state index contributed by atoms with van der Waals surface area (Å²) in [5.41, 5.74) is 3.26. The second-order valence-electron chi connectivity index (χ2n) is 6.52. The number of nitro benzene ring substituents is 1. The molecule has 152 valence electrons. The number of carbonyl (C=O) groups is 1. The van der Waals surface area contributed by atoms with Gasteiger partial charge in [0.15, 0.2) is 0 Å². The number of ether oxygens (including phenoxy) is 1. The van der Waals surface area contributed by atoms with Crippen LogP contribution in [-0.4, -0.2) is 32.0 Å². The number of esters is 1. The lowest BCUT2D eigenvalue weighted by atomic mass is 10.1. The molecule has 0 unspecified atom stereocenters. The Kier molecular flexibility index (Phi) is 5.12. The summed E-state index contributed by atoms with van der Waals surface area (Å²) in [5.74, 6) is -0.426. The summed E-state index contributed by atoms with van der Waals surface area (Å²) < 4.78 is 6.74. The van der Waals surface area contributed by atoms with Gasteiger partial charge in [-0.1, -0.05) is 12.1 Å². The Morgan fingerprint density at radius 1 is 1.23 bits per heavy atom. The standard InChI is InChI=1S/C22H15N5O4/c1-2-31-22(28)14-6-8-17(9-7-14)26-12-16(11-23)20-21(26)19(24-13-25-20)15-4-3-5-18(10-15)27(29)30/h3-10,12-13H,2H2,1H3. The van der Waals surface area contributed by atoms with Gasteiger partial charge >= 0.3 is 5.97 Å². The van der Waals surface area contributed by atoms with Gasteiger partial charge in [0.1, 0.15) is 17.9 Å². The smallest absolute Gasteiger partial charge is 0.338 e. The highest BCUT2D eigenvalue weighted by molar-refractivity contribution is 5.95. The molecule has 31 heavy (non-hydrogen) atoms. The van der Waals surface area contributed by atoms with E-state index in [1.165, 1.54) is 18.5 Å². The fourth-order valence-electron chi connectivity index (χ4n) is 3.29. The Hall–Kier alpha value is -4.58. The summed E-state index contributed by atoms with van der Waals surface area (Å²) in [5, 5.41) is 20.8. The van der Waals surface area contributed by atoms with E-state index in [-0.39, 0.29) is 12.3 Å². The zero-order chi connectivity index (χ0) is 22.0. The molecule has 0 fully saturated rings. The van der Waals surface area contributed by atoms with Crippen LogP contribution < -0.4 is 0 Å². The van der Waals surface area contributed by atoms with Crippen LogP contribution in [0, 0.1) is 21.4 Å². The maximum Gasteiger partial charge on any atom is 0.338 e. The third-order valence-electron chi connectivity index (χ3n) is 4.68. The predicted molar refractivity (Wildman–Crippen MR) is 112 cm³/mol. The number of carbonyl (C=O) groups excluding carboxylic acids is 1. The zero-order valence-corrected chi connectivity index (χ0v) is 16.3. The maximum atomic E-state index is 11.9. The number of hydrogen-bond donors (Lipinski definition) is 0. The lowest BCUT2D eigenvalue weighted by Crippen LogP contribution is -2.04.